The van der Waals surface area contributed by atoms with Crippen LogP contribution in [0.4, 0.5) is 17.6 Å². The van der Waals surface area contributed by atoms with Crippen LogP contribution in [0.15, 0.2) is 18.2 Å². The summed E-state index contributed by atoms with van der Waals surface area (Å²) < 4.78 is 52.0. The van der Waals surface area contributed by atoms with E-state index in [-0.39, 0.29) is 11.5 Å². The van der Waals surface area contributed by atoms with E-state index >= 15 is 0 Å². The van der Waals surface area contributed by atoms with Gasteiger partial charge in [0.25, 0.3) is 5.91 Å². The van der Waals surface area contributed by atoms with Gasteiger partial charge in [-0.1, -0.05) is 18.3 Å². The van der Waals surface area contributed by atoms with Crippen LogP contribution in [0, 0.1) is 5.82 Å². The molecule has 0 saturated carbocycles. The highest BCUT2D eigenvalue weighted by atomic mass is 32.1. The van der Waals surface area contributed by atoms with E-state index in [0.717, 1.165) is 12.1 Å². The fourth-order valence-corrected chi connectivity index (χ4v) is 2.62. The highest BCUT2D eigenvalue weighted by molar-refractivity contribution is 7.80. The molecule has 8 heteroatoms. The van der Waals surface area contributed by atoms with Crippen molar-refractivity contribution in [3.8, 4) is 0 Å². The second-order valence-corrected chi connectivity index (χ2v) is 5.20. The average Bonchev–Trinajstić information content (AvgIpc) is 2.86. The molecule has 0 spiro atoms. The zero-order valence-electron chi connectivity index (χ0n) is 10.8. The van der Waals surface area contributed by atoms with Gasteiger partial charge >= 0.3 is 6.18 Å². The number of amides is 1. The summed E-state index contributed by atoms with van der Waals surface area (Å²) in [5.74, 6) is -2.39. The predicted molar refractivity (Wildman–Crippen MR) is 72.2 cm³/mol. The first-order valence-electron chi connectivity index (χ1n) is 6.19. The lowest BCUT2D eigenvalue weighted by molar-refractivity contribution is -0.140. The first-order chi connectivity index (χ1) is 9.73. The van der Waals surface area contributed by atoms with Crippen molar-refractivity contribution >= 4 is 23.1 Å². The average molecular weight is 320 g/mol. The number of nitrogens with two attached hydrogens (primary N) is 1. The van der Waals surface area contributed by atoms with Crippen LogP contribution in [0.3, 0.4) is 0 Å². The normalized spacial score (nSPS) is 18.9. The molecule has 1 aromatic rings. The molecule has 114 valence electrons. The Morgan fingerprint density at radius 3 is 2.62 bits per heavy atom. The van der Waals surface area contributed by atoms with Crippen molar-refractivity contribution in [1.29, 1.82) is 0 Å². The van der Waals surface area contributed by atoms with Gasteiger partial charge in [0.1, 0.15) is 5.82 Å². The highest BCUT2D eigenvalue weighted by Crippen LogP contribution is 2.33. The number of hydrogen-bond donors (Lipinski definition) is 1. The summed E-state index contributed by atoms with van der Waals surface area (Å²) >= 11 is 4.83. The van der Waals surface area contributed by atoms with E-state index in [1.54, 1.807) is 0 Å². The summed E-state index contributed by atoms with van der Waals surface area (Å²) in [7, 11) is 0. The van der Waals surface area contributed by atoms with Gasteiger partial charge in [-0.2, -0.15) is 13.2 Å². The molecule has 1 unspecified atom stereocenters. The lowest BCUT2D eigenvalue weighted by atomic mass is 10.1. The fraction of sp³-hybridized carbons (Fsp3) is 0.385. The Balaban J connectivity index is 2.38. The topological polar surface area (TPSA) is 46.3 Å². The van der Waals surface area contributed by atoms with Crippen LogP contribution in [0.25, 0.3) is 0 Å². The van der Waals surface area contributed by atoms with Crippen LogP contribution in [0.2, 0.25) is 0 Å². The third-order valence-electron chi connectivity index (χ3n) is 3.38. The summed E-state index contributed by atoms with van der Waals surface area (Å²) in [5.41, 5.74) is 3.43. The van der Waals surface area contributed by atoms with Gasteiger partial charge in [-0.3, -0.25) is 4.79 Å². The number of carbonyl (C=O) groups is 1. The third-order valence-corrected chi connectivity index (χ3v) is 3.65. The summed E-state index contributed by atoms with van der Waals surface area (Å²) in [5, 5.41) is 0. The Bertz CT molecular complexity index is 588. The lowest BCUT2D eigenvalue weighted by Gasteiger charge is -2.24. The molecule has 2 rings (SSSR count). The van der Waals surface area contributed by atoms with E-state index in [9.17, 15) is 22.4 Å². The molecule has 0 aliphatic carbocycles. The van der Waals surface area contributed by atoms with Gasteiger partial charge in [-0.05, 0) is 25.0 Å². The van der Waals surface area contributed by atoms with Crippen molar-refractivity contribution in [2.75, 3.05) is 6.54 Å². The molecule has 0 radical (unpaired) electrons. The second-order valence-electron chi connectivity index (χ2n) is 4.72. The maximum Gasteiger partial charge on any atom is 0.419 e. The first-order valence-corrected chi connectivity index (χ1v) is 6.60. The summed E-state index contributed by atoms with van der Waals surface area (Å²) in [6.07, 6.45) is -3.70. The quantitative estimate of drug-likeness (QED) is 0.673. The molecule has 3 nitrogen and oxygen atoms in total. The second kappa shape index (κ2) is 5.59. The maximum atomic E-state index is 14.0. The maximum absolute atomic E-state index is 14.0. The molecule has 1 atom stereocenters. The number of hydrogen-bond acceptors (Lipinski definition) is 2. The number of nitrogens with zero attached hydrogens (tertiary/aromatic N) is 1. The zero-order chi connectivity index (χ0) is 15.8. The monoisotopic (exact) mass is 320 g/mol. The van der Waals surface area contributed by atoms with Gasteiger partial charge in [0.05, 0.1) is 22.2 Å². The number of carbonyl (C=O) groups excluding carboxylic acids is 1. The molecule has 0 aromatic heterocycles. The van der Waals surface area contributed by atoms with Crippen molar-refractivity contribution in [1.82, 2.24) is 4.90 Å². The van der Waals surface area contributed by atoms with Crippen molar-refractivity contribution in [2.45, 2.75) is 25.1 Å². The van der Waals surface area contributed by atoms with E-state index in [2.05, 4.69) is 0 Å². The van der Waals surface area contributed by atoms with Crippen LogP contribution in [-0.4, -0.2) is 28.4 Å². The Morgan fingerprint density at radius 1 is 1.38 bits per heavy atom. The smallest absolute Gasteiger partial charge is 0.392 e. The molecular formula is C13H12F4N2OS. The number of rotatable bonds is 2. The number of benzene rings is 1. The number of thiocarbonyl (C=S) groups is 1. The fourth-order valence-electron chi connectivity index (χ4n) is 2.38. The predicted octanol–water partition coefficient (Wildman–Crippen LogP) is 2.74. The molecule has 1 aromatic carbocycles. The lowest BCUT2D eigenvalue weighted by Crippen LogP contribution is -2.43. The molecule has 2 N–H and O–H groups in total. The number of likely N-dealkylation sites (tertiary alicyclic amines) is 1. The van der Waals surface area contributed by atoms with E-state index < -0.39 is 35.1 Å². The van der Waals surface area contributed by atoms with Gasteiger partial charge in [0.2, 0.25) is 0 Å². The first kappa shape index (κ1) is 15.7. The van der Waals surface area contributed by atoms with Crippen LogP contribution in [0.5, 0.6) is 0 Å². The molecule has 21 heavy (non-hydrogen) atoms. The van der Waals surface area contributed by atoms with Gasteiger partial charge in [0.15, 0.2) is 0 Å². The minimum Gasteiger partial charge on any atom is -0.392 e. The van der Waals surface area contributed by atoms with E-state index in [1.807, 2.05) is 0 Å². The third kappa shape index (κ3) is 2.99. The van der Waals surface area contributed by atoms with Crippen molar-refractivity contribution < 1.29 is 22.4 Å². The van der Waals surface area contributed by atoms with E-state index in [0.29, 0.717) is 18.9 Å². The Labute approximate surface area is 123 Å². The molecule has 1 aliphatic heterocycles. The van der Waals surface area contributed by atoms with Crippen molar-refractivity contribution in [3.63, 3.8) is 0 Å². The molecule has 1 aliphatic rings. The molecule has 1 fully saturated rings. The zero-order valence-corrected chi connectivity index (χ0v) is 11.6. The van der Waals surface area contributed by atoms with E-state index in [4.69, 9.17) is 18.0 Å². The van der Waals surface area contributed by atoms with Crippen molar-refractivity contribution in [2.24, 2.45) is 5.73 Å². The van der Waals surface area contributed by atoms with Crippen LogP contribution >= 0.6 is 12.2 Å². The molecule has 0 bridgehead atoms. The van der Waals surface area contributed by atoms with Crippen LogP contribution < -0.4 is 5.73 Å². The summed E-state index contributed by atoms with van der Waals surface area (Å²) in [6.45, 7) is 0.288. The van der Waals surface area contributed by atoms with Gasteiger partial charge < -0.3 is 10.6 Å². The Morgan fingerprint density at radius 2 is 2.05 bits per heavy atom. The molecular weight excluding hydrogens is 308 g/mol. The summed E-state index contributed by atoms with van der Waals surface area (Å²) in [4.78, 5) is 13.6. The molecule has 1 saturated heterocycles. The minimum atomic E-state index is -4.85. The van der Waals surface area contributed by atoms with Gasteiger partial charge in [-0.25, -0.2) is 4.39 Å². The Kier molecular flexibility index (Phi) is 4.18. The SMILES string of the molecule is NC(=S)C1CCCN1C(=O)c1cccc(C(F)(F)F)c1F. The minimum absolute atomic E-state index is 0.0771. The summed E-state index contributed by atoms with van der Waals surface area (Å²) in [6, 6.07) is 2.09. The van der Waals surface area contributed by atoms with Crippen LogP contribution in [-0.2, 0) is 6.18 Å². The standard InChI is InChI=1S/C13H12F4N2OS/c14-10-7(3-1-4-8(10)13(15,16)17)12(20)19-6-2-5-9(19)11(18)21/h1,3-4,9H,2,5-6H2,(H2,18,21). The van der Waals surface area contributed by atoms with Gasteiger partial charge in [-0.15, -0.1) is 0 Å². The number of alkyl halides is 3. The van der Waals surface area contributed by atoms with Crippen molar-refractivity contribution in [3.05, 3.63) is 35.1 Å². The molecule has 1 amide bonds. The number of halogens is 4. The largest absolute Gasteiger partial charge is 0.419 e. The molecule has 1 heterocycles. The Hall–Kier alpha value is -1.70. The van der Waals surface area contributed by atoms with Crippen LogP contribution in [0.1, 0.15) is 28.8 Å². The van der Waals surface area contributed by atoms with Gasteiger partial charge in [0, 0.05) is 6.54 Å². The highest BCUT2D eigenvalue weighted by Gasteiger charge is 2.38. The van der Waals surface area contributed by atoms with E-state index in [1.165, 1.54) is 4.90 Å².